The number of aromatic nitrogens is 3. The van der Waals surface area contributed by atoms with Crippen molar-refractivity contribution >= 4 is 22.7 Å². The quantitative estimate of drug-likeness (QED) is 0.547. The first-order valence-corrected chi connectivity index (χ1v) is 7.23. The third-order valence-corrected chi connectivity index (χ3v) is 4.08. The Bertz CT molecular complexity index is 799. The van der Waals surface area contributed by atoms with Crippen molar-refractivity contribution in [3.63, 3.8) is 0 Å². The summed E-state index contributed by atoms with van der Waals surface area (Å²) in [7, 11) is 1.75. The van der Waals surface area contributed by atoms with Crippen LogP contribution in [0, 0.1) is 0 Å². The van der Waals surface area contributed by atoms with Crippen LogP contribution in [0.3, 0.4) is 0 Å². The van der Waals surface area contributed by atoms with Gasteiger partial charge < -0.3 is 0 Å². The molecule has 2 aromatic heterocycles. The van der Waals surface area contributed by atoms with E-state index in [0.717, 1.165) is 11.2 Å². The Morgan fingerprint density at radius 3 is 2.75 bits per heavy atom. The molecule has 3 aromatic rings. The van der Waals surface area contributed by atoms with E-state index in [9.17, 15) is 4.79 Å². The van der Waals surface area contributed by atoms with Gasteiger partial charge in [-0.15, -0.1) is 0 Å². The molecule has 0 fully saturated rings. The molecule has 2 heterocycles. The normalized spacial score (nSPS) is 10.8. The average molecular weight is 283 g/mol. The fourth-order valence-electron chi connectivity index (χ4n) is 1.95. The van der Waals surface area contributed by atoms with Crippen LogP contribution in [-0.4, -0.2) is 14.5 Å². The number of para-hydroxylation sites is 1. The standard InChI is InChI=1S/C15H13N3OS/c1-18-14(19)12-7-2-3-8-13(12)17-15(18)20-10-11-6-4-5-9-16-11/h2-9H,10H2,1H3. The zero-order valence-corrected chi connectivity index (χ0v) is 11.8. The molecule has 0 N–H and O–H groups in total. The zero-order chi connectivity index (χ0) is 13.9. The van der Waals surface area contributed by atoms with E-state index >= 15 is 0 Å². The first-order valence-electron chi connectivity index (χ1n) is 6.24. The lowest BCUT2D eigenvalue weighted by Crippen LogP contribution is -2.19. The van der Waals surface area contributed by atoms with Gasteiger partial charge in [-0.1, -0.05) is 30.0 Å². The van der Waals surface area contributed by atoms with Crippen molar-refractivity contribution in [1.82, 2.24) is 14.5 Å². The predicted octanol–water partition coefficient (Wildman–Crippen LogP) is 2.62. The summed E-state index contributed by atoms with van der Waals surface area (Å²) < 4.78 is 1.59. The molecule has 0 radical (unpaired) electrons. The van der Waals surface area contributed by atoms with Crippen molar-refractivity contribution in [3.05, 3.63) is 64.7 Å². The molecule has 0 aliphatic heterocycles. The highest BCUT2D eigenvalue weighted by Crippen LogP contribution is 2.20. The molecule has 0 unspecified atom stereocenters. The van der Waals surface area contributed by atoms with E-state index in [0.29, 0.717) is 16.3 Å². The Labute approximate surface area is 120 Å². The molecule has 0 saturated carbocycles. The molecule has 0 amide bonds. The molecule has 3 rings (SSSR count). The lowest BCUT2D eigenvalue weighted by Gasteiger charge is -2.08. The molecule has 0 atom stereocenters. The van der Waals surface area contributed by atoms with Crippen molar-refractivity contribution in [2.24, 2.45) is 7.05 Å². The first kappa shape index (κ1) is 12.9. The van der Waals surface area contributed by atoms with Gasteiger partial charge in [-0.2, -0.15) is 0 Å². The number of hydrogen-bond acceptors (Lipinski definition) is 4. The monoisotopic (exact) mass is 283 g/mol. The number of benzene rings is 1. The number of nitrogens with zero attached hydrogens (tertiary/aromatic N) is 3. The number of fused-ring (bicyclic) bond motifs is 1. The Kier molecular flexibility index (Phi) is 3.52. The Hall–Kier alpha value is -2.14. The van der Waals surface area contributed by atoms with E-state index in [2.05, 4.69) is 9.97 Å². The summed E-state index contributed by atoms with van der Waals surface area (Å²) >= 11 is 1.52. The minimum atomic E-state index is -0.0147. The molecule has 0 bridgehead atoms. The van der Waals surface area contributed by atoms with Crippen molar-refractivity contribution in [3.8, 4) is 0 Å². The van der Waals surface area contributed by atoms with Crippen molar-refractivity contribution < 1.29 is 0 Å². The third kappa shape index (κ3) is 2.44. The molecule has 0 saturated heterocycles. The number of pyridine rings is 1. The summed E-state index contributed by atoms with van der Waals surface area (Å²) in [5, 5.41) is 1.36. The van der Waals surface area contributed by atoms with Crippen molar-refractivity contribution in [2.75, 3.05) is 0 Å². The van der Waals surface area contributed by atoms with Gasteiger partial charge in [0.05, 0.1) is 16.6 Å². The first-order chi connectivity index (χ1) is 9.75. The van der Waals surface area contributed by atoms with Crippen LogP contribution in [0.1, 0.15) is 5.69 Å². The van der Waals surface area contributed by atoms with Gasteiger partial charge in [0.1, 0.15) is 0 Å². The third-order valence-electron chi connectivity index (χ3n) is 3.02. The van der Waals surface area contributed by atoms with E-state index in [4.69, 9.17) is 0 Å². The number of hydrogen-bond donors (Lipinski definition) is 0. The lowest BCUT2D eigenvalue weighted by molar-refractivity contribution is 0.726. The van der Waals surface area contributed by atoms with Crippen LogP contribution >= 0.6 is 11.8 Å². The van der Waals surface area contributed by atoms with Crippen molar-refractivity contribution in [2.45, 2.75) is 10.9 Å². The molecular weight excluding hydrogens is 270 g/mol. The number of thioether (sulfide) groups is 1. The Morgan fingerprint density at radius 1 is 1.15 bits per heavy atom. The van der Waals surface area contributed by atoms with Crippen LogP contribution in [-0.2, 0) is 12.8 Å². The molecule has 100 valence electrons. The molecule has 20 heavy (non-hydrogen) atoms. The summed E-state index contributed by atoms with van der Waals surface area (Å²) in [6.07, 6.45) is 1.77. The van der Waals surface area contributed by atoms with E-state index in [1.54, 1.807) is 23.9 Å². The molecule has 0 spiro atoms. The average Bonchev–Trinajstić information content (AvgIpc) is 2.50. The lowest BCUT2D eigenvalue weighted by atomic mass is 10.2. The van der Waals surface area contributed by atoms with Crippen LogP contribution in [0.25, 0.3) is 10.9 Å². The fraction of sp³-hybridized carbons (Fsp3) is 0.133. The SMILES string of the molecule is Cn1c(SCc2ccccn2)nc2ccccc2c1=O. The Balaban J connectivity index is 1.96. The topological polar surface area (TPSA) is 47.8 Å². The van der Waals surface area contributed by atoms with Gasteiger partial charge in [-0.3, -0.25) is 14.3 Å². The highest BCUT2D eigenvalue weighted by molar-refractivity contribution is 7.98. The summed E-state index contributed by atoms with van der Waals surface area (Å²) in [4.78, 5) is 21.1. The second-order valence-corrected chi connectivity index (χ2v) is 5.33. The predicted molar refractivity (Wildman–Crippen MR) is 80.8 cm³/mol. The zero-order valence-electron chi connectivity index (χ0n) is 11.0. The molecule has 0 aliphatic rings. The van der Waals surface area contributed by atoms with Gasteiger partial charge in [0, 0.05) is 19.0 Å². The minimum Gasteiger partial charge on any atom is -0.290 e. The number of rotatable bonds is 3. The maximum Gasteiger partial charge on any atom is 0.261 e. The molecule has 0 aliphatic carbocycles. The van der Waals surface area contributed by atoms with Crippen LogP contribution in [0.5, 0.6) is 0 Å². The van der Waals surface area contributed by atoms with E-state index in [1.807, 2.05) is 36.4 Å². The summed E-state index contributed by atoms with van der Waals surface area (Å²) in [6.45, 7) is 0. The molecular formula is C15H13N3OS. The fourth-order valence-corrected chi connectivity index (χ4v) is 2.84. The molecule has 4 nitrogen and oxygen atoms in total. The largest absolute Gasteiger partial charge is 0.290 e. The summed E-state index contributed by atoms with van der Waals surface area (Å²) in [6, 6.07) is 13.2. The molecule has 5 heteroatoms. The van der Waals surface area contributed by atoms with Crippen molar-refractivity contribution in [1.29, 1.82) is 0 Å². The van der Waals surface area contributed by atoms with Gasteiger partial charge in [-0.25, -0.2) is 4.98 Å². The molecule has 1 aromatic carbocycles. The maximum atomic E-state index is 12.3. The van der Waals surface area contributed by atoms with E-state index in [1.165, 1.54) is 11.8 Å². The van der Waals surface area contributed by atoms with Gasteiger partial charge in [0.15, 0.2) is 5.16 Å². The van der Waals surface area contributed by atoms with E-state index < -0.39 is 0 Å². The maximum absolute atomic E-state index is 12.3. The van der Waals surface area contributed by atoms with Gasteiger partial charge in [-0.05, 0) is 24.3 Å². The smallest absolute Gasteiger partial charge is 0.261 e. The van der Waals surface area contributed by atoms with Crippen LogP contribution < -0.4 is 5.56 Å². The van der Waals surface area contributed by atoms with Crippen LogP contribution in [0.2, 0.25) is 0 Å². The minimum absolute atomic E-state index is 0.0147. The second-order valence-electron chi connectivity index (χ2n) is 4.39. The highest BCUT2D eigenvalue weighted by atomic mass is 32.2. The van der Waals surface area contributed by atoms with Crippen LogP contribution in [0.15, 0.2) is 58.6 Å². The summed E-state index contributed by atoms with van der Waals surface area (Å²) in [5.41, 5.74) is 1.69. The summed E-state index contributed by atoms with van der Waals surface area (Å²) in [5.74, 6) is 0.694. The van der Waals surface area contributed by atoms with E-state index in [-0.39, 0.29) is 5.56 Å². The van der Waals surface area contributed by atoms with Gasteiger partial charge >= 0.3 is 0 Å². The highest BCUT2D eigenvalue weighted by Gasteiger charge is 2.08. The second kappa shape index (κ2) is 5.46. The van der Waals surface area contributed by atoms with Crippen LogP contribution in [0.4, 0.5) is 0 Å². The Morgan fingerprint density at radius 2 is 1.95 bits per heavy atom. The van der Waals surface area contributed by atoms with Gasteiger partial charge in [0.2, 0.25) is 0 Å². The van der Waals surface area contributed by atoms with Gasteiger partial charge in [0.25, 0.3) is 5.56 Å².